The molecule has 2 nitrogen and oxygen atoms in total. The van der Waals surface area contributed by atoms with Crippen molar-refractivity contribution in [3.8, 4) is 0 Å². The monoisotopic (exact) mass is 127 g/mol. The van der Waals surface area contributed by atoms with Crippen LogP contribution in [0, 0.1) is 5.92 Å². The minimum atomic E-state index is -0.0191. The van der Waals surface area contributed by atoms with Gasteiger partial charge in [-0.2, -0.15) is 0 Å². The highest BCUT2D eigenvalue weighted by Crippen LogP contribution is 2.27. The van der Waals surface area contributed by atoms with Crippen molar-refractivity contribution in [2.75, 3.05) is 6.61 Å². The lowest BCUT2D eigenvalue weighted by atomic mass is 9.90. The number of aliphatic hydroxyl groups excluding tert-OH is 1. The van der Waals surface area contributed by atoms with Crippen molar-refractivity contribution in [1.82, 2.24) is 0 Å². The number of hydrogen-bond acceptors (Lipinski definition) is 2. The average molecular weight is 127 g/mol. The first kappa shape index (κ1) is 6.75. The summed E-state index contributed by atoms with van der Waals surface area (Å²) in [7, 11) is 0. The standard InChI is InChI=1S/C7H13NO/c1-7(2)6(5-9)3-4-8-7/h4,6,9H,3,5H2,1-2H3/t6-/m0/s1. The average Bonchev–Trinajstić information content (AvgIpc) is 2.08. The molecule has 1 rings (SSSR count). The third-order valence-corrected chi connectivity index (χ3v) is 2.03. The molecule has 1 N–H and O–H groups in total. The molecule has 1 aliphatic heterocycles. The van der Waals surface area contributed by atoms with Gasteiger partial charge >= 0.3 is 0 Å². The lowest BCUT2D eigenvalue weighted by molar-refractivity contribution is 0.187. The van der Waals surface area contributed by atoms with Gasteiger partial charge in [0.25, 0.3) is 0 Å². The lowest BCUT2D eigenvalue weighted by Gasteiger charge is -2.22. The fourth-order valence-electron chi connectivity index (χ4n) is 1.11. The van der Waals surface area contributed by atoms with E-state index < -0.39 is 0 Å². The molecule has 0 amide bonds. The van der Waals surface area contributed by atoms with E-state index in [4.69, 9.17) is 5.11 Å². The zero-order chi connectivity index (χ0) is 6.91. The summed E-state index contributed by atoms with van der Waals surface area (Å²) in [5, 5.41) is 8.82. The third-order valence-electron chi connectivity index (χ3n) is 2.03. The second-order valence-electron chi connectivity index (χ2n) is 3.08. The molecule has 1 heterocycles. The fourth-order valence-corrected chi connectivity index (χ4v) is 1.11. The molecule has 52 valence electrons. The first-order valence-corrected chi connectivity index (χ1v) is 3.31. The number of rotatable bonds is 1. The van der Waals surface area contributed by atoms with Gasteiger partial charge in [-0.1, -0.05) is 0 Å². The van der Waals surface area contributed by atoms with Crippen LogP contribution in [0.3, 0.4) is 0 Å². The van der Waals surface area contributed by atoms with Crippen molar-refractivity contribution in [3.05, 3.63) is 0 Å². The quantitative estimate of drug-likeness (QED) is 0.556. The summed E-state index contributed by atoms with van der Waals surface area (Å²) in [6.45, 7) is 4.36. The van der Waals surface area contributed by atoms with Gasteiger partial charge < -0.3 is 5.11 Å². The molecule has 0 aromatic carbocycles. The van der Waals surface area contributed by atoms with E-state index in [-0.39, 0.29) is 12.1 Å². The molecular formula is C7H13NO. The molecule has 0 unspecified atom stereocenters. The molecule has 0 bridgehead atoms. The summed E-state index contributed by atoms with van der Waals surface area (Å²) >= 11 is 0. The van der Waals surface area contributed by atoms with E-state index in [1.807, 2.05) is 6.21 Å². The Labute approximate surface area is 55.6 Å². The summed E-state index contributed by atoms with van der Waals surface area (Å²) in [5.41, 5.74) is -0.0191. The molecule has 0 spiro atoms. The van der Waals surface area contributed by atoms with Crippen molar-refractivity contribution in [2.24, 2.45) is 10.9 Å². The van der Waals surface area contributed by atoms with Gasteiger partial charge in [0.15, 0.2) is 0 Å². The SMILES string of the molecule is CC1(C)N=CC[C@H]1CO. The Kier molecular flexibility index (Phi) is 1.58. The van der Waals surface area contributed by atoms with Gasteiger partial charge in [-0.25, -0.2) is 0 Å². The molecule has 0 aliphatic carbocycles. The summed E-state index contributed by atoms with van der Waals surface area (Å²) in [6, 6.07) is 0. The molecule has 2 heteroatoms. The first-order valence-electron chi connectivity index (χ1n) is 3.31. The maximum atomic E-state index is 8.82. The van der Waals surface area contributed by atoms with Gasteiger partial charge in [-0.3, -0.25) is 4.99 Å². The summed E-state index contributed by atoms with van der Waals surface area (Å²) in [6.07, 6.45) is 2.84. The van der Waals surface area contributed by atoms with Crippen molar-refractivity contribution in [3.63, 3.8) is 0 Å². The molecule has 0 saturated heterocycles. The third kappa shape index (κ3) is 1.13. The molecule has 0 aromatic rings. The van der Waals surface area contributed by atoms with Crippen LogP contribution in [-0.2, 0) is 0 Å². The highest BCUT2D eigenvalue weighted by Gasteiger charge is 2.30. The van der Waals surface area contributed by atoms with E-state index in [1.165, 1.54) is 0 Å². The highest BCUT2D eigenvalue weighted by atomic mass is 16.3. The highest BCUT2D eigenvalue weighted by molar-refractivity contribution is 5.61. The number of aliphatic hydroxyl groups is 1. The Hall–Kier alpha value is -0.370. The molecule has 0 radical (unpaired) electrons. The zero-order valence-corrected chi connectivity index (χ0v) is 5.96. The molecule has 0 aromatic heterocycles. The number of aliphatic imine (C=N–C) groups is 1. The van der Waals surface area contributed by atoms with Crippen molar-refractivity contribution >= 4 is 6.21 Å². The predicted octanol–water partition coefficient (Wildman–Crippen LogP) is 0.848. The molecule has 1 aliphatic rings. The van der Waals surface area contributed by atoms with Gasteiger partial charge in [-0.15, -0.1) is 0 Å². The van der Waals surface area contributed by atoms with Crippen LogP contribution >= 0.6 is 0 Å². The fraction of sp³-hybridized carbons (Fsp3) is 0.857. The van der Waals surface area contributed by atoms with Gasteiger partial charge in [0.1, 0.15) is 0 Å². The first-order chi connectivity index (χ1) is 4.17. The minimum Gasteiger partial charge on any atom is -0.396 e. The van der Waals surface area contributed by atoms with Crippen LogP contribution in [0.5, 0.6) is 0 Å². The van der Waals surface area contributed by atoms with Crippen LogP contribution in [0.15, 0.2) is 4.99 Å². The Bertz CT molecular complexity index is 129. The maximum Gasteiger partial charge on any atom is 0.0601 e. The molecular weight excluding hydrogens is 114 g/mol. The smallest absolute Gasteiger partial charge is 0.0601 e. The van der Waals surface area contributed by atoms with Gasteiger partial charge in [-0.05, 0) is 26.5 Å². The van der Waals surface area contributed by atoms with Crippen molar-refractivity contribution in [2.45, 2.75) is 25.8 Å². The van der Waals surface area contributed by atoms with E-state index in [0.717, 1.165) is 6.42 Å². The van der Waals surface area contributed by atoms with Crippen LogP contribution in [-0.4, -0.2) is 23.5 Å². The molecule has 9 heavy (non-hydrogen) atoms. The number of hydrogen-bond donors (Lipinski definition) is 1. The van der Waals surface area contributed by atoms with E-state index >= 15 is 0 Å². The van der Waals surface area contributed by atoms with Crippen molar-refractivity contribution in [1.29, 1.82) is 0 Å². The van der Waals surface area contributed by atoms with Gasteiger partial charge in [0.05, 0.1) is 5.54 Å². The van der Waals surface area contributed by atoms with Crippen molar-refractivity contribution < 1.29 is 5.11 Å². The van der Waals surface area contributed by atoms with Crippen LogP contribution < -0.4 is 0 Å². The predicted molar refractivity (Wildman–Crippen MR) is 37.8 cm³/mol. The molecule has 0 saturated carbocycles. The Morgan fingerprint density at radius 1 is 1.78 bits per heavy atom. The number of nitrogens with zero attached hydrogens (tertiary/aromatic N) is 1. The van der Waals surface area contributed by atoms with Crippen LogP contribution in [0.4, 0.5) is 0 Å². The summed E-state index contributed by atoms with van der Waals surface area (Å²) in [5.74, 6) is 0.345. The van der Waals surface area contributed by atoms with E-state index in [9.17, 15) is 0 Å². The van der Waals surface area contributed by atoms with Crippen LogP contribution in [0.25, 0.3) is 0 Å². The van der Waals surface area contributed by atoms with E-state index in [0.29, 0.717) is 5.92 Å². The Morgan fingerprint density at radius 3 is 2.67 bits per heavy atom. The molecule has 1 atom stereocenters. The lowest BCUT2D eigenvalue weighted by Crippen LogP contribution is -2.27. The maximum absolute atomic E-state index is 8.82. The molecule has 0 fully saturated rings. The van der Waals surface area contributed by atoms with Crippen LogP contribution in [0.2, 0.25) is 0 Å². The normalized spacial score (nSPS) is 31.2. The second kappa shape index (κ2) is 2.10. The topological polar surface area (TPSA) is 32.6 Å². The largest absolute Gasteiger partial charge is 0.396 e. The Balaban J connectivity index is 2.60. The second-order valence-corrected chi connectivity index (χ2v) is 3.08. The Morgan fingerprint density at radius 2 is 2.44 bits per heavy atom. The summed E-state index contributed by atoms with van der Waals surface area (Å²) < 4.78 is 0. The zero-order valence-electron chi connectivity index (χ0n) is 5.96. The van der Waals surface area contributed by atoms with Gasteiger partial charge in [0.2, 0.25) is 0 Å². The van der Waals surface area contributed by atoms with Gasteiger partial charge in [0, 0.05) is 12.5 Å². The van der Waals surface area contributed by atoms with E-state index in [2.05, 4.69) is 18.8 Å². The summed E-state index contributed by atoms with van der Waals surface area (Å²) in [4.78, 5) is 4.24. The minimum absolute atomic E-state index is 0.0191. The van der Waals surface area contributed by atoms with E-state index in [1.54, 1.807) is 0 Å². The van der Waals surface area contributed by atoms with Crippen LogP contribution in [0.1, 0.15) is 20.3 Å².